The van der Waals surface area contributed by atoms with Gasteiger partial charge in [0.05, 0.1) is 0 Å². The van der Waals surface area contributed by atoms with Crippen molar-refractivity contribution in [1.29, 1.82) is 0 Å². The first-order valence-corrected chi connectivity index (χ1v) is 10.0. The van der Waals surface area contributed by atoms with Crippen LogP contribution in [0.15, 0.2) is 91.0 Å². The number of halogens is 1. The summed E-state index contributed by atoms with van der Waals surface area (Å²) in [5.41, 5.74) is 1.57. The Morgan fingerprint density at radius 3 is 2.34 bits per heavy atom. The highest BCUT2D eigenvalue weighted by Gasteiger charge is 2.15. The maximum atomic E-state index is 13.0. The number of hydrogen-bond acceptors (Lipinski definition) is 4. The number of ether oxygens (including phenoxy) is 2. The molecular formula is C26H20FNO4. The highest BCUT2D eigenvalue weighted by atomic mass is 19.1. The molecule has 0 aliphatic heterocycles. The van der Waals surface area contributed by atoms with Crippen LogP contribution in [0.5, 0.6) is 5.75 Å². The summed E-state index contributed by atoms with van der Waals surface area (Å²) in [6.07, 6.45) is 0. The number of amides is 1. The van der Waals surface area contributed by atoms with Gasteiger partial charge in [-0.1, -0.05) is 54.6 Å². The van der Waals surface area contributed by atoms with E-state index < -0.39 is 18.5 Å². The Balaban J connectivity index is 1.35. The van der Waals surface area contributed by atoms with Crippen LogP contribution in [-0.4, -0.2) is 18.5 Å². The number of hydrogen-bond donors (Lipinski definition) is 1. The molecule has 0 saturated heterocycles. The van der Waals surface area contributed by atoms with Crippen molar-refractivity contribution in [3.8, 4) is 5.75 Å². The first kappa shape index (κ1) is 21.1. The number of carbonyl (C=O) groups excluding carboxylic acids is 2. The number of anilines is 1. The minimum atomic E-state index is -0.673. The molecule has 4 aromatic carbocycles. The zero-order chi connectivity index (χ0) is 22.3. The van der Waals surface area contributed by atoms with E-state index in [0.717, 1.165) is 16.3 Å². The van der Waals surface area contributed by atoms with Crippen molar-refractivity contribution in [1.82, 2.24) is 0 Å². The van der Waals surface area contributed by atoms with Crippen molar-refractivity contribution in [3.63, 3.8) is 0 Å². The van der Waals surface area contributed by atoms with E-state index in [-0.39, 0.29) is 18.0 Å². The monoisotopic (exact) mass is 429 g/mol. The molecule has 0 bridgehead atoms. The summed E-state index contributed by atoms with van der Waals surface area (Å²) in [5.74, 6) is -1.14. The van der Waals surface area contributed by atoms with Crippen LogP contribution in [0.1, 0.15) is 15.9 Å². The van der Waals surface area contributed by atoms with Crippen LogP contribution in [0, 0.1) is 5.82 Å². The van der Waals surface area contributed by atoms with Gasteiger partial charge >= 0.3 is 5.97 Å². The Hall–Kier alpha value is -4.19. The lowest BCUT2D eigenvalue weighted by Gasteiger charge is -2.12. The first-order valence-electron chi connectivity index (χ1n) is 10.0. The standard InChI is InChI=1S/C26H20FNO4/c27-21-12-9-18(10-13-21)16-31-24-8-4-3-7-23(24)26(30)32-17-25(29)28-22-14-11-19-5-1-2-6-20(19)15-22/h1-15H,16-17H2,(H,28,29). The molecule has 0 aliphatic carbocycles. The highest BCUT2D eigenvalue weighted by molar-refractivity contribution is 5.98. The van der Waals surface area contributed by atoms with Crippen molar-refractivity contribution in [2.75, 3.05) is 11.9 Å². The maximum Gasteiger partial charge on any atom is 0.342 e. The van der Waals surface area contributed by atoms with E-state index in [1.807, 2.05) is 36.4 Å². The summed E-state index contributed by atoms with van der Waals surface area (Å²) in [7, 11) is 0. The fraction of sp³-hybridized carbons (Fsp3) is 0.0769. The molecule has 1 amide bonds. The normalized spacial score (nSPS) is 10.5. The van der Waals surface area contributed by atoms with Gasteiger partial charge in [0.25, 0.3) is 5.91 Å². The van der Waals surface area contributed by atoms with E-state index in [0.29, 0.717) is 11.4 Å². The molecule has 0 heterocycles. The van der Waals surface area contributed by atoms with E-state index in [2.05, 4.69) is 5.32 Å². The smallest absolute Gasteiger partial charge is 0.342 e. The van der Waals surface area contributed by atoms with Crippen molar-refractivity contribution in [2.24, 2.45) is 0 Å². The molecule has 5 nitrogen and oxygen atoms in total. The lowest BCUT2D eigenvalue weighted by atomic mass is 10.1. The topological polar surface area (TPSA) is 64.6 Å². The fourth-order valence-corrected chi connectivity index (χ4v) is 3.18. The van der Waals surface area contributed by atoms with Gasteiger partial charge in [0.2, 0.25) is 0 Å². The van der Waals surface area contributed by atoms with E-state index in [9.17, 15) is 14.0 Å². The third kappa shape index (κ3) is 5.29. The molecule has 160 valence electrons. The molecular weight excluding hydrogens is 409 g/mol. The lowest BCUT2D eigenvalue weighted by molar-refractivity contribution is -0.119. The molecule has 0 aromatic heterocycles. The Kier molecular flexibility index (Phi) is 6.41. The van der Waals surface area contributed by atoms with Gasteiger partial charge in [-0.3, -0.25) is 4.79 Å². The van der Waals surface area contributed by atoms with Gasteiger partial charge in [-0.25, -0.2) is 9.18 Å². The molecule has 0 aliphatic rings. The highest BCUT2D eigenvalue weighted by Crippen LogP contribution is 2.21. The predicted molar refractivity (Wildman–Crippen MR) is 120 cm³/mol. The molecule has 0 atom stereocenters. The van der Waals surface area contributed by atoms with Gasteiger partial charge in [-0.2, -0.15) is 0 Å². The molecule has 0 unspecified atom stereocenters. The molecule has 32 heavy (non-hydrogen) atoms. The van der Waals surface area contributed by atoms with Crippen LogP contribution in [0.3, 0.4) is 0 Å². The maximum absolute atomic E-state index is 13.0. The van der Waals surface area contributed by atoms with E-state index in [4.69, 9.17) is 9.47 Å². The van der Waals surface area contributed by atoms with Crippen LogP contribution in [-0.2, 0) is 16.1 Å². The minimum absolute atomic E-state index is 0.160. The number of benzene rings is 4. The Morgan fingerprint density at radius 2 is 1.53 bits per heavy atom. The summed E-state index contributed by atoms with van der Waals surface area (Å²) in [4.78, 5) is 24.8. The Labute approximate surface area is 184 Å². The summed E-state index contributed by atoms with van der Waals surface area (Å²) in [6, 6.07) is 25.8. The lowest BCUT2D eigenvalue weighted by Crippen LogP contribution is -2.21. The molecule has 0 radical (unpaired) electrons. The molecule has 6 heteroatoms. The van der Waals surface area contributed by atoms with Crippen molar-refractivity contribution in [3.05, 3.63) is 108 Å². The quantitative estimate of drug-likeness (QED) is 0.402. The third-order valence-corrected chi connectivity index (χ3v) is 4.78. The summed E-state index contributed by atoms with van der Waals surface area (Å²) in [6.45, 7) is -0.273. The van der Waals surface area contributed by atoms with E-state index in [1.165, 1.54) is 12.1 Å². The summed E-state index contributed by atoms with van der Waals surface area (Å²) in [5, 5.41) is 4.79. The number of para-hydroxylation sites is 1. The fourth-order valence-electron chi connectivity index (χ4n) is 3.18. The average molecular weight is 429 g/mol. The zero-order valence-corrected chi connectivity index (χ0v) is 17.1. The van der Waals surface area contributed by atoms with Gasteiger partial charge in [-0.15, -0.1) is 0 Å². The molecule has 0 saturated carbocycles. The van der Waals surface area contributed by atoms with Gasteiger partial charge in [0.15, 0.2) is 6.61 Å². The van der Waals surface area contributed by atoms with E-state index >= 15 is 0 Å². The Bertz CT molecular complexity index is 1250. The van der Waals surface area contributed by atoms with Crippen LogP contribution >= 0.6 is 0 Å². The van der Waals surface area contributed by atoms with Gasteiger partial charge in [0, 0.05) is 5.69 Å². The number of carbonyl (C=O) groups is 2. The summed E-state index contributed by atoms with van der Waals surface area (Å²) < 4.78 is 23.9. The van der Waals surface area contributed by atoms with E-state index in [1.54, 1.807) is 42.5 Å². The second-order valence-corrected chi connectivity index (χ2v) is 7.10. The zero-order valence-electron chi connectivity index (χ0n) is 17.1. The average Bonchev–Trinajstić information content (AvgIpc) is 2.82. The van der Waals surface area contributed by atoms with Gasteiger partial charge in [0.1, 0.15) is 23.7 Å². The second-order valence-electron chi connectivity index (χ2n) is 7.10. The minimum Gasteiger partial charge on any atom is -0.488 e. The molecule has 4 rings (SSSR count). The SMILES string of the molecule is O=C(COC(=O)c1ccccc1OCc1ccc(F)cc1)Nc1ccc2ccccc2c1. The number of esters is 1. The van der Waals surface area contributed by atoms with Gasteiger partial charge < -0.3 is 14.8 Å². The molecule has 1 N–H and O–H groups in total. The number of rotatable bonds is 7. The number of fused-ring (bicyclic) bond motifs is 1. The van der Waals surface area contributed by atoms with Crippen LogP contribution in [0.4, 0.5) is 10.1 Å². The molecule has 0 fully saturated rings. The third-order valence-electron chi connectivity index (χ3n) is 4.78. The first-order chi connectivity index (χ1) is 15.6. The van der Waals surface area contributed by atoms with Crippen molar-refractivity contribution < 1.29 is 23.5 Å². The second kappa shape index (κ2) is 9.75. The van der Waals surface area contributed by atoms with Crippen LogP contribution in [0.2, 0.25) is 0 Å². The molecule has 0 spiro atoms. The largest absolute Gasteiger partial charge is 0.488 e. The summed E-state index contributed by atoms with van der Waals surface area (Å²) >= 11 is 0. The van der Waals surface area contributed by atoms with Crippen LogP contribution < -0.4 is 10.1 Å². The van der Waals surface area contributed by atoms with Crippen molar-refractivity contribution >= 4 is 28.3 Å². The molecule has 4 aromatic rings. The van der Waals surface area contributed by atoms with Crippen molar-refractivity contribution in [2.45, 2.75) is 6.61 Å². The number of nitrogens with one attached hydrogen (secondary N) is 1. The van der Waals surface area contributed by atoms with Crippen LogP contribution in [0.25, 0.3) is 10.8 Å². The van der Waals surface area contributed by atoms with Gasteiger partial charge in [-0.05, 0) is 52.7 Å². The predicted octanol–water partition coefficient (Wildman–Crippen LogP) is 5.35. The Morgan fingerprint density at radius 1 is 0.812 bits per heavy atom.